The van der Waals surface area contributed by atoms with Crippen molar-refractivity contribution in [2.24, 2.45) is 7.05 Å². The van der Waals surface area contributed by atoms with Crippen molar-refractivity contribution in [1.82, 2.24) is 20.1 Å². The second-order valence-corrected chi connectivity index (χ2v) is 7.58. The van der Waals surface area contributed by atoms with Crippen LogP contribution in [0.2, 0.25) is 0 Å². The van der Waals surface area contributed by atoms with Gasteiger partial charge in [0.05, 0.1) is 17.4 Å². The number of piperidine rings is 1. The van der Waals surface area contributed by atoms with Crippen molar-refractivity contribution >= 4 is 11.0 Å². The third kappa shape index (κ3) is 3.38. The van der Waals surface area contributed by atoms with E-state index in [1.807, 2.05) is 20.0 Å². The van der Waals surface area contributed by atoms with Crippen molar-refractivity contribution < 1.29 is 18.3 Å². The number of nitrogens with zero attached hydrogens (tertiary/aromatic N) is 3. The van der Waals surface area contributed by atoms with E-state index in [4.69, 9.17) is 0 Å². The Bertz CT molecular complexity index is 999. The van der Waals surface area contributed by atoms with Gasteiger partial charge in [-0.05, 0) is 49.1 Å². The topological polar surface area (TPSA) is 63.0 Å². The number of hydrogen-bond acceptors (Lipinski definition) is 4. The standard InChI is InChI=1S/C20H21F3N4O/c1-12-8-19(28,15-3-5-16(6-4-15)20(21,22)23)9-17(26-12)13-7-14-11-25-27(2)18(14)24-10-13/h3-7,10-12,17,26,28H,8-9H2,1-2H3/t12-,17-,19?/m0/s1. The molecule has 0 radical (unpaired) electrons. The van der Waals surface area contributed by atoms with Crippen LogP contribution < -0.4 is 5.32 Å². The van der Waals surface area contributed by atoms with Gasteiger partial charge in [0.2, 0.25) is 0 Å². The van der Waals surface area contributed by atoms with Gasteiger partial charge in [0, 0.05) is 30.7 Å². The Morgan fingerprint density at radius 2 is 1.89 bits per heavy atom. The highest BCUT2D eigenvalue weighted by molar-refractivity contribution is 5.75. The van der Waals surface area contributed by atoms with Gasteiger partial charge in [0.1, 0.15) is 0 Å². The molecule has 1 aliphatic heterocycles. The molecule has 4 rings (SSSR count). The molecule has 0 bridgehead atoms. The first-order valence-corrected chi connectivity index (χ1v) is 9.09. The first kappa shape index (κ1) is 18.9. The molecular formula is C20H21F3N4O. The first-order valence-electron chi connectivity index (χ1n) is 9.09. The summed E-state index contributed by atoms with van der Waals surface area (Å²) in [6.07, 6.45) is -0.142. The zero-order valence-corrected chi connectivity index (χ0v) is 15.5. The molecule has 1 aliphatic rings. The number of aliphatic hydroxyl groups is 1. The number of pyridine rings is 1. The Morgan fingerprint density at radius 1 is 1.18 bits per heavy atom. The molecule has 1 fully saturated rings. The SMILES string of the molecule is C[C@H]1CC(O)(c2ccc(C(F)(F)F)cc2)C[C@@H](c2cnc3c(cnn3C)c2)N1. The maximum Gasteiger partial charge on any atom is 0.416 e. The molecule has 2 N–H and O–H groups in total. The molecule has 5 nitrogen and oxygen atoms in total. The summed E-state index contributed by atoms with van der Waals surface area (Å²) in [5.74, 6) is 0. The van der Waals surface area contributed by atoms with Crippen LogP contribution in [0.3, 0.4) is 0 Å². The number of hydrogen-bond donors (Lipinski definition) is 2. The van der Waals surface area contributed by atoms with Gasteiger partial charge in [-0.2, -0.15) is 18.3 Å². The van der Waals surface area contributed by atoms with Crippen LogP contribution >= 0.6 is 0 Å². The predicted molar refractivity (Wildman–Crippen MR) is 98.4 cm³/mol. The van der Waals surface area contributed by atoms with Crippen LogP contribution in [-0.2, 0) is 18.8 Å². The molecule has 3 atom stereocenters. The van der Waals surface area contributed by atoms with E-state index in [0.29, 0.717) is 18.4 Å². The molecular weight excluding hydrogens is 369 g/mol. The lowest BCUT2D eigenvalue weighted by molar-refractivity contribution is -0.137. The number of rotatable bonds is 2. The maximum atomic E-state index is 12.8. The molecule has 0 spiro atoms. The van der Waals surface area contributed by atoms with E-state index in [2.05, 4.69) is 15.4 Å². The molecule has 0 saturated carbocycles. The predicted octanol–water partition coefficient (Wildman–Crippen LogP) is 3.69. The molecule has 1 aromatic carbocycles. The minimum atomic E-state index is -4.39. The molecule has 1 saturated heterocycles. The molecule has 1 unspecified atom stereocenters. The van der Waals surface area contributed by atoms with E-state index in [0.717, 1.165) is 28.7 Å². The van der Waals surface area contributed by atoms with E-state index in [9.17, 15) is 18.3 Å². The summed E-state index contributed by atoms with van der Waals surface area (Å²) in [4.78, 5) is 4.45. The van der Waals surface area contributed by atoms with Crippen molar-refractivity contribution in [3.8, 4) is 0 Å². The zero-order valence-electron chi connectivity index (χ0n) is 15.5. The van der Waals surface area contributed by atoms with Gasteiger partial charge < -0.3 is 10.4 Å². The monoisotopic (exact) mass is 390 g/mol. The van der Waals surface area contributed by atoms with Gasteiger partial charge in [-0.25, -0.2) is 4.98 Å². The lowest BCUT2D eigenvalue weighted by atomic mass is 9.77. The average molecular weight is 390 g/mol. The fourth-order valence-corrected chi connectivity index (χ4v) is 4.06. The van der Waals surface area contributed by atoms with Crippen LogP contribution in [-0.4, -0.2) is 25.9 Å². The fourth-order valence-electron chi connectivity index (χ4n) is 4.06. The molecule has 148 valence electrons. The fraction of sp³-hybridized carbons (Fsp3) is 0.400. The van der Waals surface area contributed by atoms with Gasteiger partial charge in [0.15, 0.2) is 5.65 Å². The summed E-state index contributed by atoms with van der Waals surface area (Å²) in [7, 11) is 1.82. The Hall–Kier alpha value is -2.45. The van der Waals surface area contributed by atoms with Crippen molar-refractivity contribution in [1.29, 1.82) is 0 Å². The van der Waals surface area contributed by atoms with Crippen LogP contribution in [0, 0.1) is 0 Å². The van der Waals surface area contributed by atoms with Crippen LogP contribution in [0.4, 0.5) is 13.2 Å². The molecule has 0 aliphatic carbocycles. The van der Waals surface area contributed by atoms with E-state index < -0.39 is 17.3 Å². The molecule has 3 aromatic rings. The minimum Gasteiger partial charge on any atom is -0.385 e. The largest absolute Gasteiger partial charge is 0.416 e. The second kappa shape index (κ2) is 6.56. The lowest BCUT2D eigenvalue weighted by Crippen LogP contribution is -2.46. The minimum absolute atomic E-state index is 0.0179. The summed E-state index contributed by atoms with van der Waals surface area (Å²) in [5.41, 5.74) is 0.241. The smallest absolute Gasteiger partial charge is 0.385 e. The first-order chi connectivity index (χ1) is 13.2. The highest BCUT2D eigenvalue weighted by Gasteiger charge is 2.40. The number of aromatic nitrogens is 3. The van der Waals surface area contributed by atoms with Gasteiger partial charge in [-0.3, -0.25) is 4.68 Å². The molecule has 3 heterocycles. The van der Waals surface area contributed by atoms with E-state index in [-0.39, 0.29) is 12.1 Å². The number of nitrogens with one attached hydrogen (secondary N) is 1. The van der Waals surface area contributed by atoms with Gasteiger partial charge in [-0.15, -0.1) is 0 Å². The molecule has 2 aromatic heterocycles. The van der Waals surface area contributed by atoms with Crippen LogP contribution in [0.5, 0.6) is 0 Å². The summed E-state index contributed by atoms with van der Waals surface area (Å²) in [6, 6.07) is 6.60. The van der Waals surface area contributed by atoms with Gasteiger partial charge in [-0.1, -0.05) is 12.1 Å². The van der Waals surface area contributed by atoms with Crippen molar-refractivity contribution in [3.05, 3.63) is 59.4 Å². The summed E-state index contributed by atoms with van der Waals surface area (Å²) >= 11 is 0. The Balaban J connectivity index is 1.64. The van der Waals surface area contributed by atoms with Crippen LogP contribution in [0.25, 0.3) is 11.0 Å². The Kier molecular flexibility index (Phi) is 4.43. The molecule has 28 heavy (non-hydrogen) atoms. The van der Waals surface area contributed by atoms with Crippen molar-refractivity contribution in [2.45, 2.75) is 43.6 Å². The lowest BCUT2D eigenvalue weighted by Gasteiger charge is -2.41. The van der Waals surface area contributed by atoms with Crippen molar-refractivity contribution in [3.63, 3.8) is 0 Å². The number of aryl methyl sites for hydroxylation is 1. The van der Waals surface area contributed by atoms with E-state index in [1.165, 1.54) is 12.1 Å². The molecule has 0 amide bonds. The Morgan fingerprint density at radius 3 is 2.57 bits per heavy atom. The average Bonchev–Trinajstić information content (AvgIpc) is 3.01. The normalized spacial score (nSPS) is 25.9. The third-order valence-corrected chi connectivity index (χ3v) is 5.42. The second-order valence-electron chi connectivity index (χ2n) is 7.58. The summed E-state index contributed by atoms with van der Waals surface area (Å²) in [6.45, 7) is 1.96. The van der Waals surface area contributed by atoms with Crippen LogP contribution in [0.1, 0.15) is 42.5 Å². The highest BCUT2D eigenvalue weighted by Crippen LogP contribution is 2.41. The molecule has 8 heteroatoms. The highest BCUT2D eigenvalue weighted by atomic mass is 19.4. The number of alkyl halides is 3. The van der Waals surface area contributed by atoms with Crippen molar-refractivity contribution in [2.75, 3.05) is 0 Å². The summed E-state index contributed by atoms with van der Waals surface area (Å²) in [5, 5.41) is 19.8. The van der Waals surface area contributed by atoms with Crippen LogP contribution in [0.15, 0.2) is 42.7 Å². The quantitative estimate of drug-likeness (QED) is 0.701. The number of benzene rings is 1. The van der Waals surface area contributed by atoms with E-state index >= 15 is 0 Å². The van der Waals surface area contributed by atoms with Gasteiger partial charge >= 0.3 is 6.18 Å². The maximum absolute atomic E-state index is 12.8. The Labute approximate surface area is 160 Å². The number of halogens is 3. The van der Waals surface area contributed by atoms with Gasteiger partial charge in [0.25, 0.3) is 0 Å². The number of fused-ring (bicyclic) bond motifs is 1. The van der Waals surface area contributed by atoms with E-state index in [1.54, 1.807) is 17.1 Å². The third-order valence-electron chi connectivity index (χ3n) is 5.42. The zero-order chi connectivity index (χ0) is 20.1. The summed E-state index contributed by atoms with van der Waals surface area (Å²) < 4.78 is 40.2.